The zero-order valence-electron chi connectivity index (χ0n) is 54.4. The van der Waals surface area contributed by atoms with E-state index < -0.39 is 10.8 Å². The minimum absolute atomic E-state index is 0. The summed E-state index contributed by atoms with van der Waals surface area (Å²) in [6.45, 7) is 47.1. The van der Waals surface area contributed by atoms with Crippen LogP contribution >= 0.6 is 0 Å². The van der Waals surface area contributed by atoms with Gasteiger partial charge in [-0.3, -0.25) is 0 Å². The Morgan fingerprint density at radius 2 is 0.361 bits per heavy atom. The average Bonchev–Trinajstić information content (AvgIpc) is 2.09. The number of rotatable bonds is 8. The molecule has 83 heavy (non-hydrogen) atoms. The molecule has 0 spiro atoms. The third kappa shape index (κ3) is 18.6. The summed E-state index contributed by atoms with van der Waals surface area (Å²) >= 11 is 0. The average molecular weight is 1140 g/mol. The van der Waals surface area contributed by atoms with Crippen molar-refractivity contribution in [3.8, 4) is 46.0 Å². The molecule has 0 atom stereocenters. The molecule has 0 saturated carbocycles. The minimum atomic E-state index is -1.40. The van der Waals surface area contributed by atoms with Gasteiger partial charge in [0.15, 0.2) is 0 Å². The van der Waals surface area contributed by atoms with E-state index in [1.807, 2.05) is 239 Å². The molecule has 8 aromatic rings. The van der Waals surface area contributed by atoms with Crippen molar-refractivity contribution in [1.29, 1.82) is 0 Å². The fourth-order valence-electron chi connectivity index (χ4n) is 9.23. The summed E-state index contributed by atoms with van der Waals surface area (Å²) in [5.41, 5.74) is 9.70. The molecule has 0 aliphatic heterocycles. The number of phenolic OH excluding ortho intramolecular Hbond substituents is 8. The van der Waals surface area contributed by atoms with Gasteiger partial charge in [-0.05, 0) is 148 Å². The maximum absolute atomic E-state index is 11.2. The Morgan fingerprint density at radius 3 is 0.518 bits per heavy atom. The molecule has 0 aromatic heterocycles. The van der Waals surface area contributed by atoms with Crippen LogP contribution in [-0.2, 0) is 10.8 Å². The van der Waals surface area contributed by atoms with Crippen molar-refractivity contribution >= 4 is 0 Å². The van der Waals surface area contributed by atoms with E-state index in [0.717, 1.165) is 66.8 Å². The van der Waals surface area contributed by atoms with Crippen LogP contribution in [0, 0.1) is 55.4 Å². The topological polar surface area (TPSA) is 162 Å². The number of aromatic hydroxyl groups is 8. The van der Waals surface area contributed by atoms with E-state index in [-0.39, 0.29) is 53.4 Å². The smallest absolute Gasteiger partial charge is 0.120 e. The normalized spacial score (nSPS) is 9.73. The lowest BCUT2D eigenvalue weighted by atomic mass is 9.63. The number of aryl methyl sites for hydroxylation is 8. The van der Waals surface area contributed by atoms with Crippen molar-refractivity contribution in [2.45, 2.75) is 184 Å². The highest BCUT2D eigenvalue weighted by atomic mass is 16.3. The second-order valence-corrected chi connectivity index (χ2v) is 17.6. The zero-order valence-corrected chi connectivity index (χ0v) is 54.4. The van der Waals surface area contributed by atoms with Crippen molar-refractivity contribution < 1.29 is 40.9 Å². The number of phenols is 8. The van der Waals surface area contributed by atoms with E-state index in [2.05, 4.69) is 0 Å². The van der Waals surface area contributed by atoms with E-state index in [0.29, 0.717) is 22.3 Å². The molecular formula is C75H108O8. The number of hydrogen-bond acceptors (Lipinski definition) is 8. The molecule has 0 amide bonds. The summed E-state index contributed by atoms with van der Waals surface area (Å²) in [6, 6.07) is 43.1. The second-order valence-electron chi connectivity index (χ2n) is 17.6. The third-order valence-electron chi connectivity index (χ3n) is 12.7. The van der Waals surface area contributed by atoms with Gasteiger partial charge >= 0.3 is 0 Å². The minimum Gasteiger partial charge on any atom is -0.508 e. The third-order valence-corrected chi connectivity index (χ3v) is 12.7. The maximum atomic E-state index is 11.2. The highest BCUT2D eigenvalue weighted by molar-refractivity contribution is 5.71. The molecule has 8 N–H and O–H groups in total. The molecule has 0 bridgehead atoms. The van der Waals surface area contributed by atoms with Crippen LogP contribution in [-0.4, -0.2) is 40.9 Å². The Kier molecular flexibility index (Phi) is 37.8. The van der Waals surface area contributed by atoms with Gasteiger partial charge in [0.05, 0.1) is 10.8 Å². The Labute approximate surface area is 503 Å². The summed E-state index contributed by atoms with van der Waals surface area (Å²) in [5.74, 6) is 0.784. The zero-order chi connectivity index (χ0) is 63.8. The Bertz CT molecular complexity index is 2710. The highest BCUT2D eigenvalue weighted by Crippen LogP contribution is 2.56. The van der Waals surface area contributed by atoms with E-state index in [9.17, 15) is 40.9 Å². The lowest BCUT2D eigenvalue weighted by Gasteiger charge is -2.38. The van der Waals surface area contributed by atoms with Crippen LogP contribution < -0.4 is 0 Å². The van der Waals surface area contributed by atoms with Gasteiger partial charge in [-0.15, -0.1) is 0 Å². The van der Waals surface area contributed by atoms with Crippen molar-refractivity contribution in [3.05, 3.63) is 235 Å². The van der Waals surface area contributed by atoms with Crippen LogP contribution in [0.3, 0.4) is 0 Å². The van der Waals surface area contributed by atoms with Gasteiger partial charge in [-0.25, -0.2) is 0 Å². The molecule has 8 rings (SSSR count). The van der Waals surface area contributed by atoms with Crippen LogP contribution in [0.15, 0.2) is 146 Å². The van der Waals surface area contributed by atoms with Gasteiger partial charge in [-0.2, -0.15) is 0 Å². The summed E-state index contributed by atoms with van der Waals surface area (Å²) in [6.07, 6.45) is 0. The first-order valence-corrected chi connectivity index (χ1v) is 29.7. The van der Waals surface area contributed by atoms with E-state index in [1.165, 1.54) is 0 Å². The number of hydrogen-bond donors (Lipinski definition) is 8. The molecule has 8 heteroatoms. The highest BCUT2D eigenvalue weighted by Gasteiger charge is 2.46. The summed E-state index contributed by atoms with van der Waals surface area (Å²) < 4.78 is 0. The van der Waals surface area contributed by atoms with Crippen LogP contribution in [0.5, 0.6) is 46.0 Å². The van der Waals surface area contributed by atoms with Crippen LogP contribution in [0.1, 0.15) is 207 Å². The van der Waals surface area contributed by atoms with Crippen molar-refractivity contribution in [2.75, 3.05) is 0 Å². The summed E-state index contributed by atoms with van der Waals surface area (Å²) in [7, 11) is 0. The molecule has 0 heterocycles. The maximum Gasteiger partial charge on any atom is 0.120 e. The molecule has 0 radical (unpaired) electrons. The monoisotopic (exact) mass is 1140 g/mol. The molecule has 0 aliphatic rings. The van der Waals surface area contributed by atoms with E-state index in [4.69, 9.17) is 0 Å². The fraction of sp³-hybridized carbons (Fsp3) is 0.360. The standard InChI is InChI=1S/2C29H28O4.8C2H6.CH4/c1-17-13-21(5-9-25(17)30)29(22-6-10-26(31)18(2)14-22,23-7-11-27(32)19(3)15-23)24-8-12-28(33)20(4)16-24;1-17-5-9-25(30)21(13-17)29(22-14-18(2)6-10-26(22)31,23-15-19(3)7-11-27(23)32)24-16-20(4)8-12-28(24)33;8*1-2;/h2*5-16,30-33H,1-4H3;8*1-2H3;1H4. The molecule has 0 fully saturated rings. The van der Waals surface area contributed by atoms with Gasteiger partial charge in [0, 0.05) is 22.3 Å². The molecule has 8 aromatic carbocycles. The van der Waals surface area contributed by atoms with Crippen molar-refractivity contribution in [3.63, 3.8) is 0 Å². The van der Waals surface area contributed by atoms with Gasteiger partial charge in [0.1, 0.15) is 46.0 Å². The largest absolute Gasteiger partial charge is 0.508 e. The van der Waals surface area contributed by atoms with E-state index in [1.54, 1.807) is 72.8 Å². The van der Waals surface area contributed by atoms with Crippen LogP contribution in [0.25, 0.3) is 0 Å². The van der Waals surface area contributed by atoms with Crippen LogP contribution in [0.4, 0.5) is 0 Å². The van der Waals surface area contributed by atoms with Crippen LogP contribution in [0.2, 0.25) is 0 Å². The van der Waals surface area contributed by atoms with Gasteiger partial charge < -0.3 is 40.9 Å². The first-order valence-electron chi connectivity index (χ1n) is 29.7. The van der Waals surface area contributed by atoms with Gasteiger partial charge in [0.25, 0.3) is 0 Å². The van der Waals surface area contributed by atoms with E-state index >= 15 is 0 Å². The number of benzene rings is 8. The first-order chi connectivity index (χ1) is 39.3. The van der Waals surface area contributed by atoms with Crippen molar-refractivity contribution in [1.82, 2.24) is 0 Å². The summed E-state index contributed by atoms with van der Waals surface area (Å²) in [5, 5.41) is 85.8. The Balaban J connectivity index is -0.00000123. The lowest BCUT2D eigenvalue weighted by molar-refractivity contribution is 0.424. The van der Waals surface area contributed by atoms with Crippen molar-refractivity contribution in [2.24, 2.45) is 0 Å². The Hall–Kier alpha value is -7.84. The second kappa shape index (κ2) is 39.6. The fourth-order valence-corrected chi connectivity index (χ4v) is 9.23. The summed E-state index contributed by atoms with van der Waals surface area (Å²) in [4.78, 5) is 0. The molecule has 456 valence electrons. The molecule has 8 nitrogen and oxygen atoms in total. The molecule has 0 unspecified atom stereocenters. The quantitative estimate of drug-likeness (QED) is 0.0698. The predicted molar refractivity (Wildman–Crippen MR) is 358 cm³/mol. The molecule has 0 aliphatic carbocycles. The lowest BCUT2D eigenvalue weighted by Crippen LogP contribution is -2.32. The Morgan fingerprint density at radius 1 is 0.205 bits per heavy atom. The predicted octanol–water partition coefficient (Wildman–Crippen LogP) is 21.1. The van der Waals surface area contributed by atoms with Gasteiger partial charge in [-0.1, -0.05) is 238 Å². The SMILES string of the molecule is C.CC.CC.CC.CC.CC.CC.CC.CC.Cc1cc(C(c2ccc(O)c(C)c2)(c2ccc(O)c(C)c2)c2ccc(O)c(C)c2)ccc1O.Cc1ccc(O)c(C(c2cc(C)ccc2O)(c2cc(C)ccc2O)c2cc(C)ccc2O)c1. The first kappa shape index (κ1) is 79.4. The van der Waals surface area contributed by atoms with Gasteiger partial charge in [0.2, 0.25) is 0 Å². The molecular weight excluding hydrogens is 1030 g/mol. The molecule has 0 saturated heterocycles.